The van der Waals surface area contributed by atoms with E-state index in [1.807, 2.05) is 47.4 Å². The molecule has 1 aliphatic rings. The molecule has 3 aromatic rings. The number of hydrogen-bond acceptors (Lipinski definition) is 5. The van der Waals surface area contributed by atoms with Crippen molar-refractivity contribution < 1.29 is 23.9 Å². The second-order valence-corrected chi connectivity index (χ2v) is 9.31. The lowest BCUT2D eigenvalue weighted by Crippen LogP contribution is -2.49. The molecular formula is C29H32N2O5. The molecule has 2 amide bonds. The van der Waals surface area contributed by atoms with E-state index in [9.17, 15) is 14.4 Å². The summed E-state index contributed by atoms with van der Waals surface area (Å²) in [5.41, 5.74) is 0.946. The lowest BCUT2D eigenvalue weighted by molar-refractivity contribution is -0.139. The van der Waals surface area contributed by atoms with Gasteiger partial charge in [0.1, 0.15) is 5.75 Å². The monoisotopic (exact) mass is 488 g/mol. The molecule has 1 N–H and O–H groups in total. The number of piperidine rings is 1. The van der Waals surface area contributed by atoms with E-state index in [2.05, 4.69) is 19.2 Å². The number of esters is 1. The van der Waals surface area contributed by atoms with Gasteiger partial charge in [-0.15, -0.1) is 0 Å². The fourth-order valence-electron chi connectivity index (χ4n) is 4.67. The van der Waals surface area contributed by atoms with Gasteiger partial charge in [0.15, 0.2) is 12.7 Å². The van der Waals surface area contributed by atoms with Crippen LogP contribution in [0.3, 0.4) is 0 Å². The van der Waals surface area contributed by atoms with Crippen LogP contribution in [0.2, 0.25) is 0 Å². The van der Waals surface area contributed by atoms with Gasteiger partial charge in [-0.1, -0.05) is 36.4 Å². The first-order chi connectivity index (χ1) is 17.3. The van der Waals surface area contributed by atoms with Crippen molar-refractivity contribution in [3.05, 3.63) is 72.3 Å². The third-order valence-electron chi connectivity index (χ3n) is 6.63. The van der Waals surface area contributed by atoms with Gasteiger partial charge in [0.25, 0.3) is 11.8 Å². The number of nitrogens with one attached hydrogen (secondary N) is 1. The van der Waals surface area contributed by atoms with Gasteiger partial charge in [-0.05, 0) is 75.8 Å². The maximum atomic E-state index is 12.7. The number of ether oxygens (including phenoxy) is 2. The lowest BCUT2D eigenvalue weighted by atomic mass is 9.97. The van der Waals surface area contributed by atoms with Gasteiger partial charge in [-0.3, -0.25) is 9.59 Å². The predicted octanol–water partition coefficient (Wildman–Crippen LogP) is 5.19. The summed E-state index contributed by atoms with van der Waals surface area (Å²) in [6.07, 6.45) is 2.16. The highest BCUT2D eigenvalue weighted by Crippen LogP contribution is 2.24. The Bertz CT molecular complexity index is 1220. The van der Waals surface area contributed by atoms with E-state index in [4.69, 9.17) is 9.47 Å². The van der Waals surface area contributed by atoms with E-state index in [1.165, 1.54) is 6.92 Å². The minimum Gasteiger partial charge on any atom is -0.484 e. The molecule has 1 aliphatic heterocycles. The van der Waals surface area contributed by atoms with E-state index in [1.54, 1.807) is 24.3 Å². The summed E-state index contributed by atoms with van der Waals surface area (Å²) in [7, 11) is 0. The fraction of sp³-hybridized carbons (Fsp3) is 0.345. The SMILES string of the molecule is CC(OC(=O)c1ccc(OCC(=O)N2C(C)CCCC2C)cc1)C(=O)Nc1cccc2ccccc12. The standard InChI is InChI=1S/C29H32N2O5/c1-19-8-6-9-20(2)31(19)27(32)18-35-24-16-14-23(15-17-24)29(34)36-21(3)28(33)30-26-13-7-11-22-10-4-5-12-25(22)26/h4-5,7,10-17,19-21H,6,8-9,18H2,1-3H3,(H,30,33). The van der Waals surface area contributed by atoms with Gasteiger partial charge >= 0.3 is 5.97 Å². The van der Waals surface area contributed by atoms with Crippen molar-refractivity contribution in [2.24, 2.45) is 0 Å². The molecule has 0 aliphatic carbocycles. The van der Waals surface area contributed by atoms with Gasteiger partial charge in [0.05, 0.1) is 5.56 Å². The average molecular weight is 489 g/mol. The van der Waals surface area contributed by atoms with Crippen LogP contribution in [0.1, 0.15) is 50.4 Å². The van der Waals surface area contributed by atoms with Crippen molar-refractivity contribution in [1.82, 2.24) is 4.90 Å². The number of nitrogens with zero attached hydrogens (tertiary/aromatic N) is 1. The highest BCUT2D eigenvalue weighted by atomic mass is 16.5. The van der Waals surface area contributed by atoms with E-state index in [-0.39, 0.29) is 30.2 Å². The number of carbonyl (C=O) groups excluding carboxylic acids is 3. The number of hydrogen-bond donors (Lipinski definition) is 1. The zero-order valence-electron chi connectivity index (χ0n) is 20.9. The van der Waals surface area contributed by atoms with Gasteiger partial charge < -0.3 is 19.7 Å². The quantitative estimate of drug-likeness (QED) is 0.463. The molecule has 36 heavy (non-hydrogen) atoms. The summed E-state index contributed by atoms with van der Waals surface area (Å²) in [5, 5.41) is 4.75. The molecule has 0 aromatic heterocycles. The Hall–Kier alpha value is -3.87. The number of anilines is 1. The molecule has 0 bridgehead atoms. The minimum absolute atomic E-state index is 0.0378. The number of amides is 2. The average Bonchev–Trinajstić information content (AvgIpc) is 2.87. The van der Waals surface area contributed by atoms with Crippen molar-refractivity contribution in [3.63, 3.8) is 0 Å². The van der Waals surface area contributed by atoms with Crippen LogP contribution in [-0.2, 0) is 14.3 Å². The smallest absolute Gasteiger partial charge is 0.338 e. The van der Waals surface area contributed by atoms with Crippen molar-refractivity contribution in [1.29, 1.82) is 0 Å². The number of carbonyl (C=O) groups is 3. The summed E-state index contributed by atoms with van der Waals surface area (Å²) in [6, 6.07) is 20.1. The maximum Gasteiger partial charge on any atom is 0.338 e. The van der Waals surface area contributed by atoms with Crippen LogP contribution in [0.25, 0.3) is 10.8 Å². The number of benzene rings is 3. The van der Waals surface area contributed by atoms with E-state index in [0.29, 0.717) is 11.4 Å². The largest absolute Gasteiger partial charge is 0.484 e. The van der Waals surface area contributed by atoms with Crippen LogP contribution in [0.15, 0.2) is 66.7 Å². The zero-order valence-corrected chi connectivity index (χ0v) is 20.9. The third kappa shape index (κ3) is 5.85. The Morgan fingerprint density at radius 1 is 0.944 bits per heavy atom. The summed E-state index contributed by atoms with van der Waals surface area (Å²) < 4.78 is 11.0. The molecule has 1 saturated heterocycles. The second-order valence-electron chi connectivity index (χ2n) is 9.31. The van der Waals surface area contributed by atoms with E-state index >= 15 is 0 Å². The molecule has 0 spiro atoms. The lowest BCUT2D eigenvalue weighted by Gasteiger charge is -2.38. The van der Waals surface area contributed by atoms with Gasteiger partial charge in [-0.25, -0.2) is 4.79 Å². The minimum atomic E-state index is -0.987. The summed E-state index contributed by atoms with van der Waals surface area (Å²) in [6.45, 7) is 5.61. The zero-order chi connectivity index (χ0) is 25.7. The fourth-order valence-corrected chi connectivity index (χ4v) is 4.67. The molecule has 4 rings (SSSR count). The van der Waals surface area contributed by atoms with Crippen molar-refractivity contribution >= 4 is 34.2 Å². The number of fused-ring (bicyclic) bond motifs is 1. The normalized spacial score (nSPS) is 18.4. The Kier molecular flexibility index (Phi) is 7.88. The molecule has 3 atom stereocenters. The number of rotatable bonds is 7. The van der Waals surface area contributed by atoms with Crippen molar-refractivity contribution in [3.8, 4) is 5.75 Å². The van der Waals surface area contributed by atoms with Crippen LogP contribution >= 0.6 is 0 Å². The molecule has 1 fully saturated rings. The maximum absolute atomic E-state index is 12.7. The Morgan fingerprint density at radius 2 is 1.61 bits per heavy atom. The molecule has 3 aromatic carbocycles. The van der Waals surface area contributed by atoms with Gasteiger partial charge in [-0.2, -0.15) is 0 Å². The second kappa shape index (κ2) is 11.2. The topological polar surface area (TPSA) is 84.9 Å². The molecule has 1 heterocycles. The van der Waals surface area contributed by atoms with Crippen LogP contribution in [-0.4, -0.2) is 47.5 Å². The van der Waals surface area contributed by atoms with Crippen LogP contribution in [0.4, 0.5) is 5.69 Å². The highest BCUT2D eigenvalue weighted by molar-refractivity contribution is 6.04. The molecular weight excluding hydrogens is 456 g/mol. The first-order valence-corrected chi connectivity index (χ1v) is 12.4. The molecule has 7 nitrogen and oxygen atoms in total. The van der Waals surface area contributed by atoms with Crippen LogP contribution in [0, 0.1) is 0 Å². The van der Waals surface area contributed by atoms with Gasteiger partial charge in [0.2, 0.25) is 0 Å². The predicted molar refractivity (Wildman–Crippen MR) is 139 cm³/mol. The number of likely N-dealkylation sites (tertiary alicyclic amines) is 1. The third-order valence-corrected chi connectivity index (χ3v) is 6.63. The van der Waals surface area contributed by atoms with E-state index < -0.39 is 18.0 Å². The molecule has 188 valence electrons. The molecule has 3 unspecified atom stereocenters. The van der Waals surface area contributed by atoms with Gasteiger partial charge in [0, 0.05) is 23.2 Å². The Morgan fingerprint density at radius 3 is 2.33 bits per heavy atom. The van der Waals surface area contributed by atoms with Crippen molar-refractivity contribution in [2.75, 3.05) is 11.9 Å². The Labute approximate surface area is 211 Å². The van der Waals surface area contributed by atoms with Crippen LogP contribution < -0.4 is 10.1 Å². The molecule has 7 heteroatoms. The van der Waals surface area contributed by atoms with Crippen molar-refractivity contribution in [2.45, 2.75) is 58.2 Å². The molecule has 0 saturated carbocycles. The van der Waals surface area contributed by atoms with E-state index in [0.717, 1.165) is 30.0 Å². The first-order valence-electron chi connectivity index (χ1n) is 12.4. The Balaban J connectivity index is 1.30. The van der Waals surface area contributed by atoms with Crippen LogP contribution in [0.5, 0.6) is 5.75 Å². The summed E-state index contributed by atoms with van der Waals surface area (Å²) >= 11 is 0. The first kappa shape index (κ1) is 25.2. The molecule has 0 radical (unpaired) electrons. The summed E-state index contributed by atoms with van der Waals surface area (Å²) in [5.74, 6) is -0.586. The summed E-state index contributed by atoms with van der Waals surface area (Å²) in [4.78, 5) is 39.8. The highest BCUT2D eigenvalue weighted by Gasteiger charge is 2.29.